The number of esters is 2. The van der Waals surface area contributed by atoms with Gasteiger partial charge < -0.3 is 18.9 Å². The lowest BCUT2D eigenvalue weighted by Crippen LogP contribution is -2.42. The van der Waals surface area contributed by atoms with Crippen molar-refractivity contribution >= 4 is 11.9 Å². The van der Waals surface area contributed by atoms with E-state index in [1.807, 2.05) is 40.7 Å². The molecular formula is C31H44O6. The zero-order valence-electron chi connectivity index (χ0n) is 24.0. The van der Waals surface area contributed by atoms with Crippen molar-refractivity contribution < 1.29 is 28.5 Å². The molecule has 204 valence electrons. The summed E-state index contributed by atoms with van der Waals surface area (Å²) in [4.78, 5) is 24.3. The SMILES string of the molecule is C=C(/C=C(\C)[C@H](CC)OC(C)=O)C[C@H](C)/C=C(\C)C[C@]1(C(=O)OC)CO[C@H](c2c(C)cc(C)cc2C)O1. The van der Waals surface area contributed by atoms with Gasteiger partial charge in [-0.2, -0.15) is 0 Å². The zero-order chi connectivity index (χ0) is 27.9. The van der Waals surface area contributed by atoms with E-state index in [9.17, 15) is 9.59 Å². The van der Waals surface area contributed by atoms with Crippen molar-refractivity contribution in [3.05, 3.63) is 69.8 Å². The molecule has 1 aliphatic rings. The first kappa shape index (κ1) is 30.5. The molecule has 0 spiro atoms. The highest BCUT2D eigenvalue weighted by Crippen LogP contribution is 2.40. The Labute approximate surface area is 222 Å². The number of benzene rings is 1. The summed E-state index contributed by atoms with van der Waals surface area (Å²) >= 11 is 0. The van der Waals surface area contributed by atoms with E-state index in [0.29, 0.717) is 12.8 Å². The maximum atomic E-state index is 12.9. The normalized spacial score (nSPS) is 21.9. The second-order valence-corrected chi connectivity index (χ2v) is 10.5. The summed E-state index contributed by atoms with van der Waals surface area (Å²) in [5, 5.41) is 0. The van der Waals surface area contributed by atoms with Gasteiger partial charge in [-0.25, -0.2) is 4.79 Å². The lowest BCUT2D eigenvalue weighted by molar-refractivity contribution is -0.169. The molecule has 0 N–H and O–H groups in total. The molecule has 2 rings (SSSR count). The van der Waals surface area contributed by atoms with Gasteiger partial charge in [0.05, 0.1) is 13.7 Å². The molecule has 0 saturated carbocycles. The molecule has 0 unspecified atom stereocenters. The van der Waals surface area contributed by atoms with Crippen molar-refractivity contribution in [2.75, 3.05) is 13.7 Å². The molecule has 1 aromatic carbocycles. The average molecular weight is 513 g/mol. The standard InChI is InChI=1S/C31H44O6/c1-11-27(36-26(9)32)23(6)14-20(3)12-19(2)13-22(5)17-31(30(33)34-10)18-35-29(37-31)28-24(7)15-21(4)16-25(28)8/h13-16,19,27,29H,3,11-12,17-18H2,1-2,4-10H3/b22-13+,23-14+/t19-,27-,29-,31+/m0/s1. The van der Waals surface area contributed by atoms with Crippen LogP contribution in [0.2, 0.25) is 0 Å². The Kier molecular flexibility index (Phi) is 10.9. The number of allylic oxidation sites excluding steroid dienone is 3. The van der Waals surface area contributed by atoms with Crippen LogP contribution in [-0.4, -0.2) is 37.4 Å². The molecule has 1 fully saturated rings. The van der Waals surface area contributed by atoms with E-state index in [4.69, 9.17) is 18.9 Å². The van der Waals surface area contributed by atoms with E-state index in [-0.39, 0.29) is 24.6 Å². The van der Waals surface area contributed by atoms with Gasteiger partial charge in [-0.05, 0) is 70.1 Å². The van der Waals surface area contributed by atoms with Gasteiger partial charge in [-0.1, -0.05) is 61.4 Å². The third-order valence-corrected chi connectivity index (χ3v) is 6.67. The third kappa shape index (κ3) is 8.14. The van der Waals surface area contributed by atoms with Crippen molar-refractivity contribution in [1.82, 2.24) is 0 Å². The molecule has 0 amide bonds. The van der Waals surface area contributed by atoms with Crippen LogP contribution < -0.4 is 0 Å². The Morgan fingerprint density at radius 3 is 2.35 bits per heavy atom. The minimum absolute atomic E-state index is 0.125. The monoisotopic (exact) mass is 512 g/mol. The summed E-state index contributed by atoms with van der Waals surface area (Å²) in [6, 6.07) is 4.19. The van der Waals surface area contributed by atoms with Crippen molar-refractivity contribution in [3.8, 4) is 0 Å². The molecule has 1 saturated heterocycles. The van der Waals surface area contributed by atoms with Gasteiger partial charge in [-0.15, -0.1) is 0 Å². The second-order valence-electron chi connectivity index (χ2n) is 10.5. The summed E-state index contributed by atoms with van der Waals surface area (Å²) < 4.78 is 22.9. The smallest absolute Gasteiger partial charge is 0.341 e. The lowest BCUT2D eigenvalue weighted by atomic mass is 9.91. The van der Waals surface area contributed by atoms with Crippen molar-refractivity contribution in [1.29, 1.82) is 0 Å². The second kappa shape index (κ2) is 13.2. The highest BCUT2D eigenvalue weighted by atomic mass is 16.7. The molecule has 1 heterocycles. The van der Waals surface area contributed by atoms with Crippen LogP contribution in [0.1, 0.15) is 82.4 Å². The molecule has 1 aliphatic heterocycles. The van der Waals surface area contributed by atoms with E-state index in [2.05, 4.69) is 38.6 Å². The number of hydrogen-bond donors (Lipinski definition) is 0. The van der Waals surface area contributed by atoms with Crippen LogP contribution in [-0.2, 0) is 28.5 Å². The Hall–Kier alpha value is -2.70. The number of ether oxygens (including phenoxy) is 4. The number of carbonyl (C=O) groups is 2. The predicted octanol–water partition coefficient (Wildman–Crippen LogP) is 6.78. The molecule has 37 heavy (non-hydrogen) atoms. The average Bonchev–Trinajstić information content (AvgIpc) is 3.19. The van der Waals surface area contributed by atoms with Crippen LogP contribution >= 0.6 is 0 Å². The highest BCUT2D eigenvalue weighted by Gasteiger charge is 2.50. The topological polar surface area (TPSA) is 71.1 Å². The largest absolute Gasteiger partial charge is 0.467 e. The fourth-order valence-corrected chi connectivity index (χ4v) is 5.29. The number of carbonyl (C=O) groups excluding carboxylic acids is 2. The van der Waals surface area contributed by atoms with Gasteiger partial charge in [0.15, 0.2) is 11.9 Å². The summed E-state index contributed by atoms with van der Waals surface area (Å²) in [5.41, 5.74) is 6.03. The first-order valence-electron chi connectivity index (χ1n) is 13.0. The van der Waals surface area contributed by atoms with Crippen LogP contribution in [0.25, 0.3) is 0 Å². The van der Waals surface area contributed by atoms with E-state index in [0.717, 1.165) is 39.8 Å². The van der Waals surface area contributed by atoms with E-state index >= 15 is 0 Å². The fourth-order valence-electron chi connectivity index (χ4n) is 5.29. The number of methoxy groups -OCH3 is 1. The van der Waals surface area contributed by atoms with Crippen LogP contribution in [0, 0.1) is 26.7 Å². The maximum Gasteiger partial charge on any atom is 0.341 e. The van der Waals surface area contributed by atoms with Crippen LogP contribution in [0.5, 0.6) is 0 Å². The van der Waals surface area contributed by atoms with Crippen molar-refractivity contribution in [3.63, 3.8) is 0 Å². The number of hydrogen-bond acceptors (Lipinski definition) is 6. The van der Waals surface area contributed by atoms with E-state index in [1.165, 1.54) is 19.6 Å². The minimum Gasteiger partial charge on any atom is -0.467 e. The van der Waals surface area contributed by atoms with Gasteiger partial charge in [0.1, 0.15) is 6.10 Å². The molecule has 4 atom stereocenters. The Balaban J connectivity index is 2.14. The van der Waals surface area contributed by atoms with Gasteiger partial charge in [0.2, 0.25) is 0 Å². The van der Waals surface area contributed by atoms with E-state index in [1.54, 1.807) is 0 Å². The van der Waals surface area contributed by atoms with Gasteiger partial charge in [0, 0.05) is 18.9 Å². The van der Waals surface area contributed by atoms with Crippen LogP contribution in [0.15, 0.2) is 47.6 Å². The Bertz CT molecular complexity index is 1040. The Morgan fingerprint density at radius 2 is 1.81 bits per heavy atom. The first-order valence-corrected chi connectivity index (χ1v) is 13.0. The number of rotatable bonds is 11. The molecule has 0 aromatic heterocycles. The molecule has 0 radical (unpaired) electrons. The van der Waals surface area contributed by atoms with Crippen molar-refractivity contribution in [2.45, 2.75) is 92.6 Å². The Morgan fingerprint density at radius 1 is 1.19 bits per heavy atom. The molecule has 6 nitrogen and oxygen atoms in total. The third-order valence-electron chi connectivity index (χ3n) is 6.67. The van der Waals surface area contributed by atoms with Crippen LogP contribution in [0.4, 0.5) is 0 Å². The summed E-state index contributed by atoms with van der Waals surface area (Å²) in [6.07, 6.45) is 5.09. The van der Waals surface area contributed by atoms with Crippen molar-refractivity contribution in [2.24, 2.45) is 5.92 Å². The van der Waals surface area contributed by atoms with Crippen LogP contribution in [0.3, 0.4) is 0 Å². The van der Waals surface area contributed by atoms with Gasteiger partial charge in [0.25, 0.3) is 0 Å². The molecule has 1 aromatic rings. The predicted molar refractivity (Wildman–Crippen MR) is 146 cm³/mol. The molecule has 0 aliphatic carbocycles. The molecule has 6 heteroatoms. The molecule has 0 bridgehead atoms. The highest BCUT2D eigenvalue weighted by molar-refractivity contribution is 5.80. The number of aryl methyl sites for hydroxylation is 3. The van der Waals surface area contributed by atoms with Gasteiger partial charge in [-0.3, -0.25) is 4.79 Å². The minimum atomic E-state index is -1.20. The fraction of sp³-hybridized carbons (Fsp3) is 0.548. The first-order chi connectivity index (χ1) is 17.3. The van der Waals surface area contributed by atoms with E-state index < -0.39 is 17.9 Å². The quantitative estimate of drug-likeness (QED) is 0.185. The zero-order valence-corrected chi connectivity index (χ0v) is 24.0. The maximum absolute atomic E-state index is 12.9. The summed E-state index contributed by atoms with van der Waals surface area (Å²) in [5.74, 6) is -0.540. The summed E-state index contributed by atoms with van der Waals surface area (Å²) in [7, 11) is 1.38. The lowest BCUT2D eigenvalue weighted by Gasteiger charge is -2.26. The summed E-state index contributed by atoms with van der Waals surface area (Å²) in [6.45, 7) is 19.9. The molecular weight excluding hydrogens is 468 g/mol. The van der Waals surface area contributed by atoms with Gasteiger partial charge >= 0.3 is 11.9 Å².